The van der Waals surface area contributed by atoms with Crippen molar-refractivity contribution < 1.29 is 9.53 Å². The zero-order valence-electron chi connectivity index (χ0n) is 9.51. The van der Waals surface area contributed by atoms with E-state index in [1.165, 1.54) is 0 Å². The van der Waals surface area contributed by atoms with Gasteiger partial charge >= 0.3 is 0 Å². The summed E-state index contributed by atoms with van der Waals surface area (Å²) in [6.45, 7) is 0. The zero-order chi connectivity index (χ0) is 11.8. The average molecular weight is 228 g/mol. The number of fused-ring (bicyclic) bond motifs is 1. The van der Waals surface area contributed by atoms with Crippen molar-refractivity contribution in [2.75, 3.05) is 7.11 Å². The zero-order valence-corrected chi connectivity index (χ0v) is 9.51. The molecule has 1 aliphatic carbocycles. The number of benzene rings is 1. The first-order valence-electron chi connectivity index (χ1n) is 5.55. The SMILES string of the molecule is COc1ccccc1-n1ncc2c1C(=O)CC2. The summed E-state index contributed by atoms with van der Waals surface area (Å²) in [6, 6.07) is 7.57. The molecule has 0 unspecified atom stereocenters. The molecule has 0 aliphatic heterocycles. The highest BCUT2D eigenvalue weighted by Gasteiger charge is 2.26. The predicted molar refractivity (Wildman–Crippen MR) is 62.8 cm³/mol. The number of nitrogens with zero attached hydrogens (tertiary/aromatic N) is 2. The second-order valence-electron chi connectivity index (χ2n) is 4.03. The standard InChI is InChI=1S/C13H12N2O2/c1-17-12-5-3-2-4-10(12)15-13-9(8-14-15)6-7-11(13)16/h2-5,8H,6-7H2,1H3. The summed E-state index contributed by atoms with van der Waals surface area (Å²) >= 11 is 0. The third kappa shape index (κ3) is 1.45. The summed E-state index contributed by atoms with van der Waals surface area (Å²) in [7, 11) is 1.62. The highest BCUT2D eigenvalue weighted by molar-refractivity contribution is 5.99. The summed E-state index contributed by atoms with van der Waals surface area (Å²) in [5.41, 5.74) is 2.54. The summed E-state index contributed by atoms with van der Waals surface area (Å²) < 4.78 is 6.98. The third-order valence-electron chi connectivity index (χ3n) is 3.04. The Morgan fingerprint density at radius 2 is 2.12 bits per heavy atom. The lowest BCUT2D eigenvalue weighted by atomic mass is 10.2. The Balaban J connectivity index is 2.20. The van der Waals surface area contributed by atoms with Gasteiger partial charge in [0.15, 0.2) is 5.78 Å². The van der Waals surface area contributed by atoms with Crippen molar-refractivity contribution in [1.82, 2.24) is 9.78 Å². The number of carbonyl (C=O) groups excluding carboxylic acids is 1. The summed E-state index contributed by atoms with van der Waals surface area (Å²) in [5.74, 6) is 0.876. The number of para-hydroxylation sites is 2. The maximum Gasteiger partial charge on any atom is 0.181 e. The largest absolute Gasteiger partial charge is 0.494 e. The number of rotatable bonds is 2. The molecule has 4 nitrogen and oxygen atoms in total. The van der Waals surface area contributed by atoms with Crippen molar-refractivity contribution in [3.8, 4) is 11.4 Å². The van der Waals surface area contributed by atoms with Crippen molar-refractivity contribution in [3.63, 3.8) is 0 Å². The first kappa shape index (κ1) is 10.1. The van der Waals surface area contributed by atoms with Crippen LogP contribution in [0.25, 0.3) is 5.69 Å². The molecule has 4 heteroatoms. The number of carbonyl (C=O) groups is 1. The van der Waals surface area contributed by atoms with Crippen molar-refractivity contribution in [1.29, 1.82) is 0 Å². The number of hydrogen-bond donors (Lipinski definition) is 0. The van der Waals surface area contributed by atoms with Crippen LogP contribution in [-0.4, -0.2) is 22.7 Å². The van der Waals surface area contributed by atoms with Crippen molar-refractivity contribution in [2.45, 2.75) is 12.8 Å². The summed E-state index contributed by atoms with van der Waals surface area (Å²) in [4.78, 5) is 11.8. The van der Waals surface area contributed by atoms with Crippen LogP contribution in [0.5, 0.6) is 5.75 Å². The fourth-order valence-electron chi connectivity index (χ4n) is 2.22. The minimum atomic E-state index is 0.156. The lowest BCUT2D eigenvalue weighted by Gasteiger charge is -2.09. The molecule has 3 rings (SSSR count). The lowest BCUT2D eigenvalue weighted by Crippen LogP contribution is -2.07. The molecule has 1 aromatic heterocycles. The molecule has 2 aromatic rings. The van der Waals surface area contributed by atoms with E-state index in [0.29, 0.717) is 12.1 Å². The molecule has 0 fully saturated rings. The van der Waals surface area contributed by atoms with Gasteiger partial charge in [-0.2, -0.15) is 5.10 Å². The van der Waals surface area contributed by atoms with Crippen LogP contribution in [0.3, 0.4) is 0 Å². The average Bonchev–Trinajstić information content (AvgIpc) is 2.93. The maximum absolute atomic E-state index is 11.8. The van der Waals surface area contributed by atoms with Crippen molar-refractivity contribution in [2.24, 2.45) is 0 Å². The maximum atomic E-state index is 11.8. The van der Waals surface area contributed by atoms with Crippen LogP contribution in [-0.2, 0) is 6.42 Å². The van der Waals surface area contributed by atoms with Gasteiger partial charge in [0, 0.05) is 12.0 Å². The molecular weight excluding hydrogens is 216 g/mol. The van der Waals surface area contributed by atoms with Gasteiger partial charge < -0.3 is 4.74 Å². The van der Waals surface area contributed by atoms with Crippen LogP contribution in [0.1, 0.15) is 22.5 Å². The summed E-state index contributed by atoms with van der Waals surface area (Å²) in [5, 5.41) is 4.28. The second-order valence-corrected chi connectivity index (χ2v) is 4.03. The number of Topliss-reactive ketones (excluding diaryl/α,β-unsaturated/α-hetero) is 1. The van der Waals surface area contributed by atoms with Gasteiger partial charge in [-0.1, -0.05) is 12.1 Å². The summed E-state index contributed by atoms with van der Waals surface area (Å²) in [6.07, 6.45) is 3.15. The molecule has 0 radical (unpaired) electrons. The van der Waals surface area contributed by atoms with Crippen LogP contribution in [0, 0.1) is 0 Å². The van der Waals surface area contributed by atoms with E-state index in [1.54, 1.807) is 18.0 Å². The Labute approximate surface area is 98.8 Å². The number of methoxy groups -OCH3 is 1. The Kier molecular flexibility index (Phi) is 2.21. The molecule has 17 heavy (non-hydrogen) atoms. The van der Waals surface area contributed by atoms with Gasteiger partial charge in [-0.25, -0.2) is 4.68 Å². The van der Waals surface area contributed by atoms with Crippen LogP contribution in [0.2, 0.25) is 0 Å². The van der Waals surface area contributed by atoms with Gasteiger partial charge in [0.2, 0.25) is 0 Å². The highest BCUT2D eigenvalue weighted by Crippen LogP contribution is 2.28. The molecule has 0 spiro atoms. The fraction of sp³-hybridized carbons (Fsp3) is 0.231. The van der Waals surface area contributed by atoms with Gasteiger partial charge in [0.25, 0.3) is 0 Å². The van der Waals surface area contributed by atoms with Gasteiger partial charge in [-0.05, 0) is 18.6 Å². The van der Waals surface area contributed by atoms with E-state index in [2.05, 4.69) is 5.10 Å². The van der Waals surface area contributed by atoms with Gasteiger partial charge in [-0.15, -0.1) is 0 Å². The highest BCUT2D eigenvalue weighted by atomic mass is 16.5. The van der Waals surface area contributed by atoms with E-state index in [0.717, 1.165) is 23.4 Å². The van der Waals surface area contributed by atoms with Crippen molar-refractivity contribution in [3.05, 3.63) is 41.7 Å². The topological polar surface area (TPSA) is 44.1 Å². The Morgan fingerprint density at radius 1 is 1.29 bits per heavy atom. The first-order chi connectivity index (χ1) is 8.31. The molecular formula is C13H12N2O2. The molecule has 1 heterocycles. The molecule has 0 atom stereocenters. The third-order valence-corrected chi connectivity index (χ3v) is 3.04. The van der Waals surface area contributed by atoms with E-state index in [1.807, 2.05) is 24.3 Å². The van der Waals surface area contributed by atoms with Crippen LogP contribution in [0.15, 0.2) is 30.5 Å². The molecule has 1 aliphatic rings. The monoisotopic (exact) mass is 228 g/mol. The van der Waals surface area contributed by atoms with E-state index in [4.69, 9.17) is 4.74 Å². The number of ether oxygens (including phenoxy) is 1. The van der Waals surface area contributed by atoms with Crippen LogP contribution in [0.4, 0.5) is 0 Å². The fourth-order valence-corrected chi connectivity index (χ4v) is 2.22. The Morgan fingerprint density at radius 3 is 2.94 bits per heavy atom. The molecule has 0 amide bonds. The minimum Gasteiger partial charge on any atom is -0.494 e. The number of aryl methyl sites for hydroxylation is 1. The molecule has 0 saturated carbocycles. The Bertz CT molecular complexity index is 587. The molecule has 86 valence electrons. The molecule has 1 aromatic carbocycles. The quantitative estimate of drug-likeness (QED) is 0.789. The molecule has 0 saturated heterocycles. The second kappa shape index (κ2) is 3.73. The number of aromatic nitrogens is 2. The van der Waals surface area contributed by atoms with Crippen LogP contribution >= 0.6 is 0 Å². The van der Waals surface area contributed by atoms with E-state index in [9.17, 15) is 4.79 Å². The van der Waals surface area contributed by atoms with Crippen molar-refractivity contribution >= 4 is 5.78 Å². The normalized spacial score (nSPS) is 13.8. The molecule has 0 N–H and O–H groups in total. The van der Waals surface area contributed by atoms with E-state index < -0.39 is 0 Å². The smallest absolute Gasteiger partial charge is 0.181 e. The first-order valence-corrected chi connectivity index (χ1v) is 5.55. The minimum absolute atomic E-state index is 0.156. The van der Waals surface area contributed by atoms with Gasteiger partial charge in [0.1, 0.15) is 17.1 Å². The van der Waals surface area contributed by atoms with Gasteiger partial charge in [0.05, 0.1) is 13.3 Å². The number of hydrogen-bond acceptors (Lipinski definition) is 3. The van der Waals surface area contributed by atoms with Gasteiger partial charge in [-0.3, -0.25) is 4.79 Å². The molecule has 0 bridgehead atoms. The van der Waals surface area contributed by atoms with Crippen LogP contribution < -0.4 is 4.74 Å². The number of ketones is 1. The van der Waals surface area contributed by atoms with E-state index >= 15 is 0 Å². The van der Waals surface area contributed by atoms with E-state index in [-0.39, 0.29) is 5.78 Å². The predicted octanol–water partition coefficient (Wildman–Crippen LogP) is 2.01. The Hall–Kier alpha value is -2.10. The lowest BCUT2D eigenvalue weighted by molar-refractivity contribution is 0.0987.